The van der Waals surface area contributed by atoms with E-state index in [4.69, 9.17) is 23.2 Å². The number of hydrogen-bond donors (Lipinski definition) is 2. The van der Waals surface area contributed by atoms with Gasteiger partial charge < -0.3 is 5.32 Å². The SMILES string of the molecule is CNCc1c(Cl)ccc(S(=O)(=O)NC2CCCC2)c1Cl. The topological polar surface area (TPSA) is 58.2 Å². The fourth-order valence-corrected chi connectivity index (χ4v) is 4.67. The van der Waals surface area contributed by atoms with Gasteiger partial charge in [-0.1, -0.05) is 36.0 Å². The summed E-state index contributed by atoms with van der Waals surface area (Å²) in [4.78, 5) is 0.0979. The van der Waals surface area contributed by atoms with Crippen LogP contribution in [0, 0.1) is 0 Å². The van der Waals surface area contributed by atoms with Crippen molar-refractivity contribution in [3.63, 3.8) is 0 Å². The molecule has 0 radical (unpaired) electrons. The molecule has 1 aromatic carbocycles. The molecule has 0 spiro atoms. The molecule has 2 N–H and O–H groups in total. The largest absolute Gasteiger partial charge is 0.316 e. The van der Waals surface area contributed by atoms with Crippen molar-refractivity contribution >= 4 is 33.2 Å². The van der Waals surface area contributed by atoms with Gasteiger partial charge in [-0.15, -0.1) is 0 Å². The minimum absolute atomic E-state index is 0.0134. The van der Waals surface area contributed by atoms with Gasteiger partial charge in [-0.25, -0.2) is 13.1 Å². The molecule has 4 nitrogen and oxygen atoms in total. The summed E-state index contributed by atoms with van der Waals surface area (Å²) in [6.45, 7) is 0.421. The molecule has 0 heterocycles. The highest BCUT2D eigenvalue weighted by atomic mass is 35.5. The van der Waals surface area contributed by atoms with Gasteiger partial charge in [-0.2, -0.15) is 0 Å². The average molecular weight is 337 g/mol. The van der Waals surface area contributed by atoms with Crippen molar-refractivity contribution in [3.05, 3.63) is 27.7 Å². The van der Waals surface area contributed by atoms with Crippen molar-refractivity contribution in [2.75, 3.05) is 7.05 Å². The lowest BCUT2D eigenvalue weighted by atomic mass is 10.2. The van der Waals surface area contributed by atoms with Crippen LogP contribution in [0.5, 0.6) is 0 Å². The van der Waals surface area contributed by atoms with E-state index < -0.39 is 10.0 Å². The van der Waals surface area contributed by atoms with Crippen LogP contribution in [0.3, 0.4) is 0 Å². The summed E-state index contributed by atoms with van der Waals surface area (Å²) in [6.07, 6.45) is 3.89. The lowest BCUT2D eigenvalue weighted by Gasteiger charge is -2.15. The highest BCUT2D eigenvalue weighted by Crippen LogP contribution is 2.31. The van der Waals surface area contributed by atoms with Crippen molar-refractivity contribution in [1.82, 2.24) is 10.0 Å². The molecule has 1 aromatic rings. The number of nitrogens with one attached hydrogen (secondary N) is 2. The summed E-state index contributed by atoms with van der Waals surface area (Å²) in [5.41, 5.74) is 0.602. The first-order chi connectivity index (χ1) is 9.45. The molecule has 1 saturated carbocycles. The first kappa shape index (κ1) is 16.0. The number of rotatable bonds is 5. The molecule has 7 heteroatoms. The van der Waals surface area contributed by atoms with Crippen molar-refractivity contribution in [3.8, 4) is 0 Å². The van der Waals surface area contributed by atoms with E-state index in [1.54, 1.807) is 13.1 Å². The Morgan fingerprint density at radius 3 is 2.50 bits per heavy atom. The van der Waals surface area contributed by atoms with Gasteiger partial charge in [0.15, 0.2) is 0 Å². The molecule has 0 amide bonds. The standard InChI is InChI=1S/C13H18Cl2N2O2S/c1-16-8-10-11(14)6-7-12(13(10)15)20(18,19)17-9-4-2-3-5-9/h6-7,9,16-17H,2-5,8H2,1H3. The lowest BCUT2D eigenvalue weighted by molar-refractivity contribution is 0.552. The fraction of sp³-hybridized carbons (Fsp3) is 0.538. The number of sulfonamides is 1. The van der Waals surface area contributed by atoms with Crippen LogP contribution in [0.25, 0.3) is 0 Å². The predicted octanol–water partition coefficient (Wildman–Crippen LogP) is 2.93. The zero-order valence-electron chi connectivity index (χ0n) is 11.2. The summed E-state index contributed by atoms with van der Waals surface area (Å²) in [6, 6.07) is 3.05. The second kappa shape index (κ2) is 6.62. The Bertz CT molecular complexity index is 584. The molecule has 20 heavy (non-hydrogen) atoms. The second-order valence-corrected chi connectivity index (χ2v) is 7.44. The Labute approximate surface area is 129 Å². The molecule has 0 aromatic heterocycles. The summed E-state index contributed by atoms with van der Waals surface area (Å²) >= 11 is 12.3. The Hall–Kier alpha value is -0.330. The molecule has 1 aliphatic rings. The Balaban J connectivity index is 2.33. The molecule has 2 rings (SSSR count). The van der Waals surface area contributed by atoms with Crippen molar-refractivity contribution in [2.24, 2.45) is 0 Å². The quantitative estimate of drug-likeness (QED) is 0.869. The van der Waals surface area contributed by atoms with E-state index in [0.29, 0.717) is 17.1 Å². The third-order valence-electron chi connectivity index (χ3n) is 3.47. The third-order valence-corrected chi connectivity index (χ3v) is 5.93. The van der Waals surface area contributed by atoms with E-state index in [1.807, 2.05) is 0 Å². The Morgan fingerprint density at radius 1 is 1.25 bits per heavy atom. The lowest BCUT2D eigenvalue weighted by Crippen LogP contribution is -2.33. The molecule has 0 saturated heterocycles. The summed E-state index contributed by atoms with van der Waals surface area (Å²) in [7, 11) is -1.85. The summed E-state index contributed by atoms with van der Waals surface area (Å²) < 4.78 is 27.6. The van der Waals surface area contributed by atoms with Crippen LogP contribution in [0.4, 0.5) is 0 Å². The van der Waals surface area contributed by atoms with Crippen LogP contribution < -0.4 is 10.0 Å². The fourth-order valence-electron chi connectivity index (χ4n) is 2.45. The zero-order valence-corrected chi connectivity index (χ0v) is 13.6. The maximum atomic E-state index is 12.4. The molecule has 1 fully saturated rings. The minimum atomic E-state index is -3.60. The first-order valence-corrected chi connectivity index (χ1v) is 8.83. The van der Waals surface area contributed by atoms with E-state index >= 15 is 0 Å². The van der Waals surface area contributed by atoms with E-state index in [1.165, 1.54) is 6.07 Å². The van der Waals surface area contributed by atoms with Gasteiger partial charge in [0.1, 0.15) is 4.90 Å². The molecule has 0 atom stereocenters. The van der Waals surface area contributed by atoms with Crippen LogP contribution in [0.2, 0.25) is 10.0 Å². The highest BCUT2D eigenvalue weighted by Gasteiger charge is 2.26. The molecule has 0 unspecified atom stereocenters. The minimum Gasteiger partial charge on any atom is -0.316 e. The van der Waals surface area contributed by atoms with Gasteiger partial charge in [0, 0.05) is 23.2 Å². The normalized spacial score (nSPS) is 16.8. The maximum absolute atomic E-state index is 12.4. The number of hydrogen-bond acceptors (Lipinski definition) is 3. The Kier molecular flexibility index (Phi) is 5.31. The zero-order chi connectivity index (χ0) is 14.8. The molecule has 112 valence electrons. The van der Waals surface area contributed by atoms with Gasteiger partial charge in [0.05, 0.1) is 5.02 Å². The summed E-state index contributed by atoms with van der Waals surface area (Å²) in [5, 5.41) is 3.59. The van der Waals surface area contributed by atoms with E-state index in [9.17, 15) is 8.42 Å². The Morgan fingerprint density at radius 2 is 1.90 bits per heavy atom. The molecular formula is C13H18Cl2N2O2S. The monoisotopic (exact) mass is 336 g/mol. The molecule has 1 aliphatic carbocycles. The predicted molar refractivity (Wildman–Crippen MR) is 81.8 cm³/mol. The number of halogens is 2. The van der Waals surface area contributed by atoms with Crippen molar-refractivity contribution in [1.29, 1.82) is 0 Å². The maximum Gasteiger partial charge on any atom is 0.242 e. The molecule has 0 aliphatic heterocycles. The van der Waals surface area contributed by atoms with Crippen LogP contribution in [-0.4, -0.2) is 21.5 Å². The van der Waals surface area contributed by atoms with Crippen molar-refractivity contribution < 1.29 is 8.42 Å². The molecular weight excluding hydrogens is 319 g/mol. The third kappa shape index (κ3) is 3.46. The van der Waals surface area contributed by atoms with E-state index in [2.05, 4.69) is 10.0 Å². The smallest absolute Gasteiger partial charge is 0.242 e. The van der Waals surface area contributed by atoms with Crippen molar-refractivity contribution in [2.45, 2.75) is 43.2 Å². The highest BCUT2D eigenvalue weighted by molar-refractivity contribution is 7.89. The van der Waals surface area contributed by atoms with Crippen LogP contribution >= 0.6 is 23.2 Å². The van der Waals surface area contributed by atoms with Crippen LogP contribution in [-0.2, 0) is 16.6 Å². The van der Waals surface area contributed by atoms with Gasteiger partial charge in [-0.05, 0) is 32.0 Å². The van der Waals surface area contributed by atoms with E-state index in [-0.39, 0.29) is 16.0 Å². The number of benzene rings is 1. The summed E-state index contributed by atoms with van der Waals surface area (Å²) in [5.74, 6) is 0. The van der Waals surface area contributed by atoms with Gasteiger partial charge >= 0.3 is 0 Å². The van der Waals surface area contributed by atoms with E-state index in [0.717, 1.165) is 25.7 Å². The van der Waals surface area contributed by atoms with Gasteiger partial charge in [-0.3, -0.25) is 0 Å². The molecule has 0 bridgehead atoms. The van der Waals surface area contributed by atoms with Gasteiger partial charge in [0.2, 0.25) is 10.0 Å². The van der Waals surface area contributed by atoms with Gasteiger partial charge in [0.25, 0.3) is 0 Å². The second-order valence-electron chi connectivity index (χ2n) is 4.97. The van der Waals surface area contributed by atoms with Crippen LogP contribution in [0.15, 0.2) is 17.0 Å². The average Bonchev–Trinajstić information content (AvgIpc) is 2.86. The first-order valence-electron chi connectivity index (χ1n) is 6.59. The van der Waals surface area contributed by atoms with Crippen LogP contribution in [0.1, 0.15) is 31.2 Å².